The monoisotopic (exact) mass is 409 g/mol. The maximum Gasteiger partial charge on any atom is 0.251 e. The third kappa shape index (κ3) is 5.65. The van der Waals surface area contributed by atoms with Gasteiger partial charge in [-0.15, -0.1) is 11.3 Å². The molecule has 1 heterocycles. The number of thiazole rings is 1. The second kappa shape index (κ2) is 9.34. The van der Waals surface area contributed by atoms with Crippen LogP contribution < -0.4 is 15.4 Å². The molecule has 2 amide bonds. The highest BCUT2D eigenvalue weighted by molar-refractivity contribution is 7.09. The van der Waals surface area contributed by atoms with Crippen LogP contribution >= 0.6 is 11.3 Å². The van der Waals surface area contributed by atoms with Crippen LogP contribution in [0.2, 0.25) is 0 Å². The van der Waals surface area contributed by atoms with E-state index in [0.717, 1.165) is 27.5 Å². The molecule has 0 unspecified atom stereocenters. The lowest BCUT2D eigenvalue weighted by molar-refractivity contribution is -0.115. The van der Waals surface area contributed by atoms with Gasteiger partial charge in [0.25, 0.3) is 5.91 Å². The maximum atomic E-state index is 12.4. The van der Waals surface area contributed by atoms with Gasteiger partial charge in [-0.1, -0.05) is 24.3 Å². The number of hydrogen-bond donors (Lipinski definition) is 2. The number of hydrogen-bond acceptors (Lipinski definition) is 5. The highest BCUT2D eigenvalue weighted by Crippen LogP contribution is 2.19. The molecule has 7 heteroatoms. The number of aryl methyl sites for hydroxylation is 3. The van der Waals surface area contributed by atoms with Crippen LogP contribution in [0, 0.1) is 20.8 Å². The number of benzene rings is 2. The number of nitrogens with zero attached hydrogens (tertiary/aromatic N) is 1. The molecule has 3 aromatic rings. The number of rotatable bonds is 7. The van der Waals surface area contributed by atoms with Crippen molar-refractivity contribution in [2.24, 2.45) is 0 Å². The molecule has 2 N–H and O–H groups in total. The standard InChI is InChI=1S/C22H23N3O3S/c1-14-6-4-7-15(2)21(14)25-20(26)11-23-22(27)17-8-5-9-19(10-17)28-12-18-13-29-16(3)24-18/h4-10,13H,11-12H2,1-3H3,(H,23,27)(H,25,26). The van der Waals surface area contributed by atoms with Crippen LogP contribution in [0.1, 0.15) is 32.2 Å². The molecule has 0 aliphatic heterocycles. The first-order valence-corrected chi connectivity index (χ1v) is 10.1. The Balaban J connectivity index is 1.54. The first-order valence-electron chi connectivity index (χ1n) is 9.20. The maximum absolute atomic E-state index is 12.4. The van der Waals surface area contributed by atoms with Crippen molar-refractivity contribution < 1.29 is 14.3 Å². The number of carbonyl (C=O) groups excluding carboxylic acids is 2. The summed E-state index contributed by atoms with van der Waals surface area (Å²) < 4.78 is 5.71. The van der Waals surface area contributed by atoms with Crippen molar-refractivity contribution in [2.75, 3.05) is 11.9 Å². The van der Waals surface area contributed by atoms with Gasteiger partial charge in [-0.25, -0.2) is 4.98 Å². The molecule has 0 aliphatic carbocycles. The van der Waals surface area contributed by atoms with Crippen LogP contribution in [0.5, 0.6) is 5.75 Å². The topological polar surface area (TPSA) is 80.3 Å². The number of anilines is 1. The molecule has 1 aromatic heterocycles. The average Bonchev–Trinajstić information content (AvgIpc) is 3.13. The fraction of sp³-hybridized carbons (Fsp3) is 0.227. The first-order chi connectivity index (χ1) is 13.9. The van der Waals surface area contributed by atoms with E-state index in [2.05, 4.69) is 15.6 Å². The summed E-state index contributed by atoms with van der Waals surface area (Å²) in [5, 5.41) is 8.43. The summed E-state index contributed by atoms with van der Waals surface area (Å²) in [6.45, 7) is 6.03. The van der Waals surface area contributed by atoms with Crippen LogP contribution in [0.25, 0.3) is 0 Å². The summed E-state index contributed by atoms with van der Waals surface area (Å²) >= 11 is 1.57. The van der Waals surface area contributed by atoms with E-state index in [0.29, 0.717) is 17.9 Å². The SMILES string of the molecule is Cc1nc(COc2cccc(C(=O)NCC(=O)Nc3c(C)cccc3C)c2)cs1. The Morgan fingerprint density at radius 3 is 2.48 bits per heavy atom. The van der Waals surface area contributed by atoms with Crippen molar-refractivity contribution in [2.45, 2.75) is 27.4 Å². The minimum absolute atomic E-state index is 0.115. The Morgan fingerprint density at radius 2 is 1.79 bits per heavy atom. The van der Waals surface area contributed by atoms with E-state index in [-0.39, 0.29) is 18.4 Å². The summed E-state index contributed by atoms with van der Waals surface area (Å²) in [4.78, 5) is 29.0. The second-order valence-corrected chi connectivity index (χ2v) is 7.73. The molecule has 0 saturated heterocycles. The minimum atomic E-state index is -0.336. The largest absolute Gasteiger partial charge is 0.487 e. The van der Waals surface area contributed by atoms with E-state index in [1.54, 1.807) is 35.6 Å². The number of carbonyl (C=O) groups is 2. The molecule has 2 aromatic carbocycles. The Kier molecular flexibility index (Phi) is 6.61. The predicted octanol–water partition coefficient (Wildman–Crippen LogP) is 4.02. The van der Waals surface area contributed by atoms with Crippen molar-refractivity contribution in [3.05, 3.63) is 75.2 Å². The molecule has 0 spiro atoms. The predicted molar refractivity (Wildman–Crippen MR) is 115 cm³/mol. The van der Waals surface area contributed by atoms with Crippen LogP contribution in [0.15, 0.2) is 47.8 Å². The van der Waals surface area contributed by atoms with Gasteiger partial charge in [0, 0.05) is 16.6 Å². The van der Waals surface area contributed by atoms with Crippen molar-refractivity contribution in [1.82, 2.24) is 10.3 Å². The minimum Gasteiger partial charge on any atom is -0.487 e. The van der Waals surface area contributed by atoms with Gasteiger partial charge in [0.15, 0.2) is 0 Å². The molecule has 0 bridgehead atoms. The molecule has 0 atom stereocenters. The van der Waals surface area contributed by atoms with Crippen molar-refractivity contribution in [3.8, 4) is 5.75 Å². The van der Waals surface area contributed by atoms with Crippen LogP contribution in [0.4, 0.5) is 5.69 Å². The smallest absolute Gasteiger partial charge is 0.251 e. The van der Waals surface area contributed by atoms with E-state index in [4.69, 9.17) is 4.74 Å². The summed E-state index contributed by atoms with van der Waals surface area (Å²) in [5.41, 5.74) is 4.01. The van der Waals surface area contributed by atoms with E-state index < -0.39 is 0 Å². The fourth-order valence-corrected chi connectivity index (χ4v) is 3.41. The van der Waals surface area contributed by atoms with E-state index in [1.807, 2.05) is 44.4 Å². The zero-order valence-corrected chi connectivity index (χ0v) is 17.4. The summed E-state index contributed by atoms with van der Waals surface area (Å²) in [7, 11) is 0. The van der Waals surface area contributed by atoms with Crippen molar-refractivity contribution in [3.63, 3.8) is 0 Å². The van der Waals surface area contributed by atoms with E-state index >= 15 is 0 Å². The molecule has 0 saturated carbocycles. The van der Waals surface area contributed by atoms with E-state index in [1.165, 1.54) is 0 Å². The van der Waals surface area contributed by atoms with Gasteiger partial charge >= 0.3 is 0 Å². The van der Waals surface area contributed by atoms with Crippen molar-refractivity contribution in [1.29, 1.82) is 0 Å². The molecule has 0 radical (unpaired) electrons. The fourth-order valence-electron chi connectivity index (χ4n) is 2.82. The average molecular weight is 410 g/mol. The van der Waals surface area contributed by atoms with Crippen LogP contribution in [0.3, 0.4) is 0 Å². The molecule has 6 nitrogen and oxygen atoms in total. The Labute approximate surface area is 173 Å². The molecular weight excluding hydrogens is 386 g/mol. The number of amides is 2. The summed E-state index contributed by atoms with van der Waals surface area (Å²) in [5.74, 6) is -0.0399. The van der Waals surface area contributed by atoms with Gasteiger partial charge < -0.3 is 15.4 Å². The first kappa shape index (κ1) is 20.5. The van der Waals surface area contributed by atoms with Gasteiger partial charge in [0.2, 0.25) is 5.91 Å². The number of para-hydroxylation sites is 1. The lowest BCUT2D eigenvalue weighted by Gasteiger charge is -2.12. The lowest BCUT2D eigenvalue weighted by atomic mass is 10.1. The molecule has 0 fully saturated rings. The van der Waals surface area contributed by atoms with Gasteiger partial charge in [0.1, 0.15) is 12.4 Å². The molecule has 0 aliphatic rings. The number of ether oxygens (including phenoxy) is 1. The molecule has 29 heavy (non-hydrogen) atoms. The van der Waals surface area contributed by atoms with Gasteiger partial charge in [-0.3, -0.25) is 9.59 Å². The van der Waals surface area contributed by atoms with Gasteiger partial charge in [-0.2, -0.15) is 0 Å². The molecule has 3 rings (SSSR count). The Bertz CT molecular complexity index is 1010. The van der Waals surface area contributed by atoms with E-state index in [9.17, 15) is 9.59 Å². The van der Waals surface area contributed by atoms with Gasteiger partial charge in [-0.05, 0) is 50.1 Å². The van der Waals surface area contributed by atoms with Crippen LogP contribution in [-0.4, -0.2) is 23.3 Å². The Hall–Kier alpha value is -3.19. The third-order valence-electron chi connectivity index (χ3n) is 4.30. The third-order valence-corrected chi connectivity index (χ3v) is 5.13. The normalized spacial score (nSPS) is 10.4. The highest BCUT2D eigenvalue weighted by Gasteiger charge is 2.11. The quantitative estimate of drug-likeness (QED) is 0.618. The molecular formula is C22H23N3O3S. The number of aromatic nitrogens is 1. The summed E-state index contributed by atoms with van der Waals surface area (Å²) in [6, 6.07) is 12.7. The summed E-state index contributed by atoms with van der Waals surface area (Å²) in [6.07, 6.45) is 0. The zero-order valence-electron chi connectivity index (χ0n) is 16.6. The molecule has 150 valence electrons. The lowest BCUT2D eigenvalue weighted by Crippen LogP contribution is -2.33. The van der Waals surface area contributed by atoms with Crippen LogP contribution in [-0.2, 0) is 11.4 Å². The Morgan fingerprint density at radius 1 is 1.07 bits per heavy atom. The number of nitrogens with one attached hydrogen (secondary N) is 2. The van der Waals surface area contributed by atoms with Gasteiger partial charge in [0.05, 0.1) is 17.2 Å². The zero-order chi connectivity index (χ0) is 20.8. The highest BCUT2D eigenvalue weighted by atomic mass is 32.1. The second-order valence-electron chi connectivity index (χ2n) is 6.67. The van der Waals surface area contributed by atoms with Crippen molar-refractivity contribution >= 4 is 28.8 Å².